The number of methoxy groups -OCH3 is 1. The van der Waals surface area contributed by atoms with Gasteiger partial charge < -0.3 is 14.8 Å². The Morgan fingerprint density at radius 1 is 1.09 bits per heavy atom. The Morgan fingerprint density at radius 3 is 2.39 bits per heavy atom. The summed E-state index contributed by atoms with van der Waals surface area (Å²) in [6.45, 7) is 3.63. The lowest BCUT2D eigenvalue weighted by atomic mass is 10.1. The Labute approximate surface area is 141 Å². The molecule has 2 aromatic carbocycles. The zero-order valence-electron chi connectivity index (χ0n) is 13.4. The maximum Gasteiger partial charge on any atom is 0.261 e. The van der Waals surface area contributed by atoms with E-state index >= 15 is 0 Å². The maximum atomic E-state index is 12.2. The Balaban J connectivity index is 1.94. The van der Waals surface area contributed by atoms with Crippen molar-refractivity contribution in [2.24, 2.45) is 0 Å². The average Bonchev–Trinajstić information content (AvgIpc) is 2.54. The Morgan fingerprint density at radius 2 is 1.78 bits per heavy atom. The fourth-order valence-electron chi connectivity index (χ4n) is 2.10. The molecule has 0 unspecified atom stereocenters. The van der Waals surface area contributed by atoms with Crippen LogP contribution in [0.2, 0.25) is 5.02 Å². The zero-order valence-corrected chi connectivity index (χ0v) is 14.1. The summed E-state index contributed by atoms with van der Waals surface area (Å²) < 4.78 is 10.7. The van der Waals surface area contributed by atoms with Crippen LogP contribution in [0.3, 0.4) is 0 Å². The lowest BCUT2D eigenvalue weighted by molar-refractivity contribution is -0.127. The molecule has 0 aliphatic rings. The number of rotatable bonds is 6. The number of hydrogen-bond donors (Lipinski definition) is 1. The quantitative estimate of drug-likeness (QED) is 0.869. The first-order valence-electron chi connectivity index (χ1n) is 7.36. The number of nitrogens with one attached hydrogen (secondary N) is 1. The van der Waals surface area contributed by atoms with Gasteiger partial charge in [0.05, 0.1) is 13.2 Å². The van der Waals surface area contributed by atoms with Gasteiger partial charge in [0.15, 0.2) is 6.10 Å². The van der Waals surface area contributed by atoms with E-state index in [1.807, 2.05) is 31.2 Å². The Kier molecular flexibility index (Phi) is 5.88. The Hall–Kier alpha value is -2.20. The van der Waals surface area contributed by atoms with Crippen LogP contribution in [-0.2, 0) is 4.79 Å². The van der Waals surface area contributed by atoms with Crippen LogP contribution in [0, 0.1) is 0 Å². The molecule has 1 amide bonds. The molecule has 23 heavy (non-hydrogen) atoms. The van der Waals surface area contributed by atoms with E-state index < -0.39 is 6.10 Å². The predicted octanol–water partition coefficient (Wildman–Crippen LogP) is 3.99. The summed E-state index contributed by atoms with van der Waals surface area (Å²) in [5.74, 6) is 1.16. The third kappa shape index (κ3) is 4.89. The summed E-state index contributed by atoms with van der Waals surface area (Å²) >= 11 is 5.91. The molecular formula is C18H20ClNO3. The van der Waals surface area contributed by atoms with Gasteiger partial charge in [-0.05, 0) is 49.7 Å². The van der Waals surface area contributed by atoms with Crippen molar-refractivity contribution in [1.82, 2.24) is 5.32 Å². The molecule has 2 aromatic rings. The van der Waals surface area contributed by atoms with E-state index in [0.29, 0.717) is 10.8 Å². The first-order valence-corrected chi connectivity index (χ1v) is 7.74. The first-order chi connectivity index (χ1) is 11.0. The molecule has 0 saturated carbocycles. The van der Waals surface area contributed by atoms with Crippen LogP contribution < -0.4 is 14.8 Å². The van der Waals surface area contributed by atoms with Gasteiger partial charge in [-0.25, -0.2) is 0 Å². The van der Waals surface area contributed by atoms with Crippen molar-refractivity contribution in [2.75, 3.05) is 7.11 Å². The molecule has 0 spiro atoms. The number of carbonyl (C=O) groups is 1. The summed E-state index contributed by atoms with van der Waals surface area (Å²) in [4.78, 5) is 12.2. The van der Waals surface area contributed by atoms with E-state index in [2.05, 4.69) is 5.32 Å². The molecule has 1 N–H and O–H groups in total. The SMILES string of the molecule is COc1ccc([C@@H](C)NC(=O)[C@@H](C)Oc2cccc(Cl)c2)cc1. The number of ether oxygens (including phenoxy) is 2. The molecule has 0 saturated heterocycles. The van der Waals surface area contributed by atoms with Crippen LogP contribution in [0.15, 0.2) is 48.5 Å². The van der Waals surface area contributed by atoms with Crippen molar-refractivity contribution in [3.05, 3.63) is 59.1 Å². The van der Waals surface area contributed by atoms with Crippen LogP contribution in [0.4, 0.5) is 0 Å². The van der Waals surface area contributed by atoms with Crippen molar-refractivity contribution in [3.8, 4) is 11.5 Å². The van der Waals surface area contributed by atoms with Crippen molar-refractivity contribution >= 4 is 17.5 Å². The van der Waals surface area contributed by atoms with Gasteiger partial charge in [-0.2, -0.15) is 0 Å². The summed E-state index contributed by atoms with van der Waals surface area (Å²) in [5.41, 5.74) is 0.995. The average molecular weight is 334 g/mol. The van der Waals surface area contributed by atoms with Crippen LogP contribution in [0.1, 0.15) is 25.5 Å². The fourth-order valence-corrected chi connectivity index (χ4v) is 2.28. The first kappa shape index (κ1) is 17.2. The highest BCUT2D eigenvalue weighted by atomic mass is 35.5. The van der Waals surface area contributed by atoms with Gasteiger partial charge in [-0.15, -0.1) is 0 Å². The topological polar surface area (TPSA) is 47.6 Å². The van der Waals surface area contributed by atoms with Crippen LogP contribution >= 0.6 is 11.6 Å². The van der Waals surface area contributed by atoms with E-state index in [4.69, 9.17) is 21.1 Å². The summed E-state index contributed by atoms with van der Waals surface area (Å²) in [5, 5.41) is 3.50. The standard InChI is InChI=1S/C18H20ClNO3/c1-12(14-7-9-16(22-3)10-8-14)20-18(21)13(2)23-17-6-4-5-15(19)11-17/h4-13H,1-3H3,(H,20,21)/t12-,13-/m1/s1. The molecular weight excluding hydrogens is 314 g/mol. The molecule has 0 bridgehead atoms. The predicted molar refractivity (Wildman–Crippen MR) is 91.1 cm³/mol. The summed E-state index contributed by atoms with van der Waals surface area (Å²) in [6.07, 6.45) is -0.617. The third-order valence-electron chi connectivity index (χ3n) is 3.45. The second-order valence-electron chi connectivity index (χ2n) is 5.22. The minimum Gasteiger partial charge on any atom is -0.497 e. The van der Waals surface area contributed by atoms with Gasteiger partial charge in [-0.1, -0.05) is 29.8 Å². The van der Waals surface area contributed by atoms with Gasteiger partial charge in [0.2, 0.25) is 0 Å². The number of hydrogen-bond acceptors (Lipinski definition) is 3. The van der Waals surface area contributed by atoms with Crippen LogP contribution in [-0.4, -0.2) is 19.1 Å². The zero-order chi connectivity index (χ0) is 16.8. The van der Waals surface area contributed by atoms with Gasteiger partial charge >= 0.3 is 0 Å². The molecule has 0 heterocycles. The van der Waals surface area contributed by atoms with Gasteiger partial charge in [0, 0.05) is 5.02 Å². The van der Waals surface area contributed by atoms with Gasteiger partial charge in [-0.3, -0.25) is 4.79 Å². The van der Waals surface area contributed by atoms with Crippen LogP contribution in [0.5, 0.6) is 11.5 Å². The third-order valence-corrected chi connectivity index (χ3v) is 3.69. The van der Waals surface area contributed by atoms with E-state index in [-0.39, 0.29) is 11.9 Å². The minimum atomic E-state index is -0.617. The molecule has 122 valence electrons. The second kappa shape index (κ2) is 7.88. The van der Waals surface area contributed by atoms with E-state index in [1.54, 1.807) is 38.3 Å². The normalized spacial score (nSPS) is 13.0. The molecule has 0 radical (unpaired) electrons. The highest BCUT2D eigenvalue weighted by Gasteiger charge is 2.17. The molecule has 0 fully saturated rings. The maximum absolute atomic E-state index is 12.2. The number of halogens is 1. The highest BCUT2D eigenvalue weighted by molar-refractivity contribution is 6.30. The summed E-state index contributed by atoms with van der Waals surface area (Å²) in [6, 6.07) is 14.4. The molecule has 5 heteroatoms. The van der Waals surface area contributed by atoms with Gasteiger partial charge in [0.1, 0.15) is 11.5 Å². The van der Waals surface area contributed by atoms with Gasteiger partial charge in [0.25, 0.3) is 5.91 Å². The number of benzene rings is 2. The lowest BCUT2D eigenvalue weighted by Gasteiger charge is -2.19. The van der Waals surface area contributed by atoms with Crippen LogP contribution in [0.25, 0.3) is 0 Å². The molecule has 4 nitrogen and oxygen atoms in total. The summed E-state index contributed by atoms with van der Waals surface area (Å²) in [7, 11) is 1.62. The van der Waals surface area contributed by atoms with Crippen molar-refractivity contribution in [3.63, 3.8) is 0 Å². The fraction of sp³-hybridized carbons (Fsp3) is 0.278. The Bertz CT molecular complexity index is 658. The second-order valence-corrected chi connectivity index (χ2v) is 5.66. The molecule has 2 atom stereocenters. The van der Waals surface area contributed by atoms with E-state index in [1.165, 1.54) is 0 Å². The van der Waals surface area contributed by atoms with Crippen molar-refractivity contribution in [1.29, 1.82) is 0 Å². The number of amides is 1. The van der Waals surface area contributed by atoms with E-state index in [0.717, 1.165) is 11.3 Å². The monoisotopic (exact) mass is 333 g/mol. The highest BCUT2D eigenvalue weighted by Crippen LogP contribution is 2.20. The minimum absolute atomic E-state index is 0.126. The molecule has 2 rings (SSSR count). The van der Waals surface area contributed by atoms with Crippen molar-refractivity contribution in [2.45, 2.75) is 26.0 Å². The largest absolute Gasteiger partial charge is 0.497 e. The lowest BCUT2D eigenvalue weighted by Crippen LogP contribution is -2.37. The number of carbonyl (C=O) groups excluding carboxylic acids is 1. The molecule has 0 aliphatic carbocycles. The molecule has 0 aromatic heterocycles. The van der Waals surface area contributed by atoms with E-state index in [9.17, 15) is 4.79 Å². The molecule has 0 aliphatic heterocycles. The van der Waals surface area contributed by atoms with Crippen molar-refractivity contribution < 1.29 is 14.3 Å². The smallest absolute Gasteiger partial charge is 0.261 e.